The molecule has 1 aliphatic carbocycles. The van der Waals surface area contributed by atoms with Crippen LogP contribution in [0.15, 0.2) is 11.6 Å². The van der Waals surface area contributed by atoms with Gasteiger partial charge in [-0.25, -0.2) is 0 Å². The molecule has 0 aromatic rings. The minimum Gasteiger partial charge on any atom is -0.0825 e. The average molecular weight is 138 g/mol. The molecule has 10 heavy (non-hydrogen) atoms. The zero-order valence-corrected chi connectivity index (χ0v) is 7.52. The van der Waals surface area contributed by atoms with E-state index in [-0.39, 0.29) is 0 Å². The molecule has 0 radical (unpaired) electrons. The van der Waals surface area contributed by atoms with Gasteiger partial charge in [0.25, 0.3) is 0 Å². The molecular weight excluding hydrogens is 120 g/mol. The smallest absolute Gasteiger partial charge is 0.0231 e. The van der Waals surface area contributed by atoms with E-state index in [2.05, 4.69) is 33.8 Å². The van der Waals surface area contributed by atoms with Crippen LogP contribution in [0.1, 0.15) is 34.1 Å². The number of allylic oxidation sites excluding steroid dienone is 2. The summed E-state index contributed by atoms with van der Waals surface area (Å²) in [6, 6.07) is 0. The van der Waals surface area contributed by atoms with Crippen LogP contribution >= 0.6 is 0 Å². The second-order valence-corrected chi connectivity index (χ2v) is 3.91. The molecule has 0 heteroatoms. The molecule has 1 rings (SSSR count). The molecule has 0 fully saturated rings. The summed E-state index contributed by atoms with van der Waals surface area (Å²) in [5.41, 5.74) is 1.58. The third-order valence-corrected chi connectivity index (χ3v) is 2.92. The first-order valence-electron chi connectivity index (χ1n) is 4.28. The molecule has 0 unspecified atom stereocenters. The van der Waals surface area contributed by atoms with Gasteiger partial charge in [0.1, 0.15) is 0 Å². The van der Waals surface area contributed by atoms with Gasteiger partial charge >= 0.3 is 0 Å². The van der Waals surface area contributed by atoms with Crippen molar-refractivity contribution in [2.24, 2.45) is 17.8 Å². The Hall–Kier alpha value is -0.260. The van der Waals surface area contributed by atoms with Crippen LogP contribution in [0.25, 0.3) is 0 Å². The van der Waals surface area contributed by atoms with Crippen molar-refractivity contribution in [3.63, 3.8) is 0 Å². The van der Waals surface area contributed by atoms with Crippen molar-refractivity contribution < 1.29 is 0 Å². The maximum absolute atomic E-state index is 2.42. The molecule has 0 aromatic heterocycles. The molecule has 0 saturated carbocycles. The van der Waals surface area contributed by atoms with Crippen LogP contribution < -0.4 is 0 Å². The Bertz CT molecular complexity index is 144. The molecule has 0 N–H and O–H groups in total. The van der Waals surface area contributed by atoms with Gasteiger partial charge in [-0.1, -0.05) is 32.4 Å². The molecule has 3 atom stereocenters. The van der Waals surface area contributed by atoms with Gasteiger partial charge in [-0.15, -0.1) is 0 Å². The fourth-order valence-electron chi connectivity index (χ4n) is 1.88. The van der Waals surface area contributed by atoms with Crippen molar-refractivity contribution in [2.75, 3.05) is 0 Å². The molecule has 58 valence electrons. The highest BCUT2D eigenvalue weighted by Crippen LogP contribution is 2.32. The summed E-state index contributed by atoms with van der Waals surface area (Å²) in [6.45, 7) is 9.29. The largest absolute Gasteiger partial charge is 0.0825 e. The number of rotatable bonds is 0. The zero-order chi connectivity index (χ0) is 7.72. The van der Waals surface area contributed by atoms with E-state index in [0.717, 1.165) is 17.8 Å². The summed E-state index contributed by atoms with van der Waals surface area (Å²) < 4.78 is 0. The Kier molecular flexibility index (Phi) is 2.18. The topological polar surface area (TPSA) is 0 Å². The van der Waals surface area contributed by atoms with Crippen LogP contribution in [-0.2, 0) is 0 Å². The maximum Gasteiger partial charge on any atom is -0.0231 e. The lowest BCUT2D eigenvalue weighted by atomic mass is 9.76. The fraction of sp³-hybridized carbons (Fsp3) is 0.800. The quantitative estimate of drug-likeness (QED) is 0.451. The van der Waals surface area contributed by atoms with Crippen LogP contribution in [0.4, 0.5) is 0 Å². The van der Waals surface area contributed by atoms with Crippen LogP contribution in [0, 0.1) is 17.8 Å². The zero-order valence-electron chi connectivity index (χ0n) is 7.52. The lowest BCUT2D eigenvalue weighted by Gasteiger charge is -2.29. The van der Waals surface area contributed by atoms with E-state index in [1.54, 1.807) is 5.57 Å². The van der Waals surface area contributed by atoms with Gasteiger partial charge in [0.15, 0.2) is 0 Å². The highest BCUT2D eigenvalue weighted by atomic mass is 14.3. The van der Waals surface area contributed by atoms with E-state index >= 15 is 0 Å². The van der Waals surface area contributed by atoms with E-state index < -0.39 is 0 Å². The minimum absolute atomic E-state index is 0.795. The second-order valence-electron chi connectivity index (χ2n) is 3.91. The van der Waals surface area contributed by atoms with Gasteiger partial charge in [0.05, 0.1) is 0 Å². The second kappa shape index (κ2) is 2.77. The number of hydrogen-bond donors (Lipinski definition) is 0. The predicted molar refractivity (Wildman–Crippen MR) is 45.9 cm³/mol. The SMILES string of the molecule is CC1=C[C@H](C)[C@@H](C)[C@H](C)C1. The van der Waals surface area contributed by atoms with Gasteiger partial charge in [-0.05, 0) is 31.1 Å². The Labute approximate surface area is 64.3 Å². The van der Waals surface area contributed by atoms with Crippen molar-refractivity contribution in [1.82, 2.24) is 0 Å². The normalized spacial score (nSPS) is 41.2. The molecule has 0 aromatic carbocycles. The molecule has 0 amide bonds. The van der Waals surface area contributed by atoms with E-state index in [1.807, 2.05) is 0 Å². The van der Waals surface area contributed by atoms with Crippen LogP contribution in [0.2, 0.25) is 0 Å². The Morgan fingerprint density at radius 2 is 1.90 bits per heavy atom. The molecular formula is C10H18. The van der Waals surface area contributed by atoms with Gasteiger partial charge in [-0.3, -0.25) is 0 Å². The summed E-state index contributed by atoms with van der Waals surface area (Å²) in [5.74, 6) is 2.56. The predicted octanol–water partition coefficient (Wildman–Crippen LogP) is 3.24. The van der Waals surface area contributed by atoms with Crippen molar-refractivity contribution in [3.05, 3.63) is 11.6 Å². The molecule has 0 bridgehead atoms. The van der Waals surface area contributed by atoms with Crippen LogP contribution in [0.3, 0.4) is 0 Å². The first-order valence-corrected chi connectivity index (χ1v) is 4.28. The summed E-state index contributed by atoms with van der Waals surface area (Å²) in [6.07, 6.45) is 3.73. The molecule has 0 saturated heterocycles. The summed E-state index contributed by atoms with van der Waals surface area (Å²) >= 11 is 0. The van der Waals surface area contributed by atoms with Gasteiger partial charge in [-0.2, -0.15) is 0 Å². The average Bonchev–Trinajstić information content (AvgIpc) is 1.82. The van der Waals surface area contributed by atoms with Crippen LogP contribution in [0.5, 0.6) is 0 Å². The Morgan fingerprint density at radius 1 is 1.30 bits per heavy atom. The lowest BCUT2D eigenvalue weighted by molar-refractivity contribution is 0.297. The Morgan fingerprint density at radius 3 is 2.40 bits per heavy atom. The van der Waals surface area contributed by atoms with Gasteiger partial charge in [0.2, 0.25) is 0 Å². The van der Waals surface area contributed by atoms with E-state index in [9.17, 15) is 0 Å². The first-order chi connectivity index (χ1) is 4.61. The molecule has 1 aliphatic rings. The van der Waals surface area contributed by atoms with Crippen molar-refractivity contribution in [2.45, 2.75) is 34.1 Å². The standard InChI is InChI=1S/C10H18/c1-7-5-8(2)10(4)9(3)6-7/h5,8-10H,6H2,1-4H3/t8-,9+,10+/m0/s1. The van der Waals surface area contributed by atoms with Gasteiger partial charge in [0, 0.05) is 0 Å². The first kappa shape index (κ1) is 7.84. The summed E-state index contributed by atoms with van der Waals surface area (Å²) in [4.78, 5) is 0. The monoisotopic (exact) mass is 138 g/mol. The fourth-order valence-corrected chi connectivity index (χ4v) is 1.88. The van der Waals surface area contributed by atoms with Crippen molar-refractivity contribution in [1.29, 1.82) is 0 Å². The molecule has 0 nitrogen and oxygen atoms in total. The van der Waals surface area contributed by atoms with E-state index in [4.69, 9.17) is 0 Å². The molecule has 0 aliphatic heterocycles. The van der Waals surface area contributed by atoms with Crippen molar-refractivity contribution in [3.8, 4) is 0 Å². The third kappa shape index (κ3) is 1.42. The molecule has 0 spiro atoms. The lowest BCUT2D eigenvalue weighted by Crippen LogP contribution is -2.19. The van der Waals surface area contributed by atoms with E-state index in [0.29, 0.717) is 0 Å². The summed E-state index contributed by atoms with van der Waals surface area (Å²) in [7, 11) is 0. The number of hydrogen-bond acceptors (Lipinski definition) is 0. The maximum atomic E-state index is 2.42. The third-order valence-electron chi connectivity index (χ3n) is 2.92. The highest BCUT2D eigenvalue weighted by Gasteiger charge is 2.21. The van der Waals surface area contributed by atoms with Crippen molar-refractivity contribution >= 4 is 0 Å². The highest BCUT2D eigenvalue weighted by molar-refractivity contribution is 5.07. The van der Waals surface area contributed by atoms with Crippen LogP contribution in [-0.4, -0.2) is 0 Å². The summed E-state index contributed by atoms with van der Waals surface area (Å²) in [5, 5.41) is 0. The minimum atomic E-state index is 0.795. The van der Waals surface area contributed by atoms with Gasteiger partial charge < -0.3 is 0 Å². The van der Waals surface area contributed by atoms with E-state index in [1.165, 1.54) is 6.42 Å². The molecule has 0 heterocycles. The Balaban J connectivity index is 2.69.